The van der Waals surface area contributed by atoms with Gasteiger partial charge in [0.05, 0.1) is 0 Å². The van der Waals surface area contributed by atoms with Crippen molar-refractivity contribution in [1.29, 1.82) is 0 Å². The van der Waals surface area contributed by atoms with Crippen LogP contribution in [0.4, 0.5) is 0 Å². The SMILES string of the molecule is CCCCN=C(N)NCCN(CC)C1CC1. The number of aliphatic imine (C=N–C) groups is 1. The van der Waals surface area contributed by atoms with Crippen molar-refractivity contribution < 1.29 is 0 Å². The zero-order valence-electron chi connectivity index (χ0n) is 10.7. The van der Waals surface area contributed by atoms with Crippen LogP contribution in [-0.2, 0) is 0 Å². The van der Waals surface area contributed by atoms with Crippen molar-refractivity contribution in [1.82, 2.24) is 10.2 Å². The van der Waals surface area contributed by atoms with Crippen molar-refractivity contribution in [3.05, 3.63) is 0 Å². The topological polar surface area (TPSA) is 53.6 Å². The quantitative estimate of drug-likeness (QED) is 0.371. The molecule has 0 heterocycles. The number of rotatable bonds is 8. The van der Waals surface area contributed by atoms with Gasteiger partial charge in [-0.2, -0.15) is 0 Å². The van der Waals surface area contributed by atoms with Gasteiger partial charge in [-0.1, -0.05) is 20.3 Å². The molecular formula is C12H26N4. The van der Waals surface area contributed by atoms with Crippen molar-refractivity contribution in [2.24, 2.45) is 10.7 Å². The van der Waals surface area contributed by atoms with Crippen LogP contribution in [0.3, 0.4) is 0 Å². The Morgan fingerprint density at radius 3 is 2.75 bits per heavy atom. The maximum Gasteiger partial charge on any atom is 0.188 e. The van der Waals surface area contributed by atoms with E-state index in [1.54, 1.807) is 0 Å². The lowest BCUT2D eigenvalue weighted by molar-refractivity contribution is 0.282. The van der Waals surface area contributed by atoms with E-state index in [-0.39, 0.29) is 0 Å². The van der Waals surface area contributed by atoms with Gasteiger partial charge in [-0.05, 0) is 25.8 Å². The van der Waals surface area contributed by atoms with Crippen LogP contribution < -0.4 is 11.1 Å². The summed E-state index contributed by atoms with van der Waals surface area (Å²) in [7, 11) is 0. The second kappa shape index (κ2) is 7.49. The Labute approximate surface area is 99.3 Å². The lowest BCUT2D eigenvalue weighted by atomic mass is 10.3. The van der Waals surface area contributed by atoms with Gasteiger partial charge >= 0.3 is 0 Å². The minimum Gasteiger partial charge on any atom is -0.370 e. The van der Waals surface area contributed by atoms with Crippen molar-refractivity contribution in [2.45, 2.75) is 45.6 Å². The Balaban J connectivity index is 2.06. The standard InChI is InChI=1S/C12H26N4/c1-3-5-8-14-12(13)15-9-10-16(4-2)11-6-7-11/h11H,3-10H2,1-2H3,(H3,13,14,15). The van der Waals surface area contributed by atoms with Crippen LogP contribution in [0.25, 0.3) is 0 Å². The largest absolute Gasteiger partial charge is 0.370 e. The first kappa shape index (κ1) is 13.3. The predicted molar refractivity (Wildman–Crippen MR) is 69.7 cm³/mol. The fourth-order valence-corrected chi connectivity index (χ4v) is 1.78. The Morgan fingerprint density at radius 2 is 2.19 bits per heavy atom. The summed E-state index contributed by atoms with van der Waals surface area (Å²) >= 11 is 0. The van der Waals surface area contributed by atoms with Crippen molar-refractivity contribution in [2.75, 3.05) is 26.2 Å². The maximum atomic E-state index is 5.75. The van der Waals surface area contributed by atoms with Crippen LogP contribution in [0.1, 0.15) is 39.5 Å². The Kier molecular flexibility index (Phi) is 6.23. The van der Waals surface area contributed by atoms with Gasteiger partial charge in [-0.25, -0.2) is 0 Å². The molecule has 0 bridgehead atoms. The molecule has 1 fully saturated rings. The normalized spacial score (nSPS) is 16.8. The summed E-state index contributed by atoms with van der Waals surface area (Å²) in [4.78, 5) is 6.77. The highest BCUT2D eigenvalue weighted by Gasteiger charge is 2.26. The third-order valence-corrected chi connectivity index (χ3v) is 2.97. The fraction of sp³-hybridized carbons (Fsp3) is 0.917. The predicted octanol–water partition coefficient (Wildman–Crippen LogP) is 1.18. The molecule has 1 aliphatic rings. The van der Waals surface area contributed by atoms with Crippen LogP contribution in [0, 0.1) is 0 Å². The van der Waals surface area contributed by atoms with Crippen molar-refractivity contribution >= 4 is 5.96 Å². The summed E-state index contributed by atoms with van der Waals surface area (Å²) in [5.41, 5.74) is 5.75. The summed E-state index contributed by atoms with van der Waals surface area (Å²) in [5, 5.41) is 3.18. The van der Waals surface area contributed by atoms with Gasteiger partial charge in [0.25, 0.3) is 0 Å². The average molecular weight is 226 g/mol. The van der Waals surface area contributed by atoms with Crippen molar-refractivity contribution in [3.8, 4) is 0 Å². The van der Waals surface area contributed by atoms with Crippen LogP contribution in [-0.4, -0.2) is 43.1 Å². The molecule has 0 aliphatic heterocycles. The molecule has 16 heavy (non-hydrogen) atoms. The van der Waals surface area contributed by atoms with Gasteiger partial charge in [0, 0.05) is 25.7 Å². The number of nitrogens with zero attached hydrogens (tertiary/aromatic N) is 2. The number of likely N-dealkylation sites (N-methyl/N-ethyl adjacent to an activating group) is 1. The molecule has 1 aliphatic carbocycles. The Morgan fingerprint density at radius 1 is 1.44 bits per heavy atom. The van der Waals surface area contributed by atoms with E-state index in [4.69, 9.17) is 5.73 Å². The first-order valence-electron chi connectivity index (χ1n) is 6.55. The molecule has 3 N–H and O–H groups in total. The molecule has 0 atom stereocenters. The first-order valence-corrected chi connectivity index (χ1v) is 6.55. The highest BCUT2D eigenvalue weighted by Crippen LogP contribution is 2.25. The van der Waals surface area contributed by atoms with E-state index in [1.807, 2.05) is 0 Å². The molecule has 4 heteroatoms. The summed E-state index contributed by atoms with van der Waals surface area (Å²) in [6.07, 6.45) is 5.02. The summed E-state index contributed by atoms with van der Waals surface area (Å²) in [5.74, 6) is 0.597. The van der Waals surface area contributed by atoms with Gasteiger partial charge in [-0.3, -0.25) is 9.89 Å². The van der Waals surface area contributed by atoms with Crippen LogP contribution >= 0.6 is 0 Å². The molecule has 0 radical (unpaired) electrons. The summed E-state index contributed by atoms with van der Waals surface area (Å²) in [6.45, 7) is 8.34. The number of unbranched alkanes of at least 4 members (excludes halogenated alkanes) is 1. The summed E-state index contributed by atoms with van der Waals surface area (Å²) < 4.78 is 0. The lowest BCUT2D eigenvalue weighted by Gasteiger charge is -2.19. The van der Waals surface area contributed by atoms with E-state index in [0.29, 0.717) is 5.96 Å². The van der Waals surface area contributed by atoms with Crippen LogP contribution in [0.15, 0.2) is 4.99 Å². The number of hydrogen-bond donors (Lipinski definition) is 2. The minimum absolute atomic E-state index is 0.597. The molecule has 0 spiro atoms. The Bertz CT molecular complexity index is 211. The third-order valence-electron chi connectivity index (χ3n) is 2.97. The smallest absolute Gasteiger partial charge is 0.188 e. The number of nitrogens with two attached hydrogens (primary N) is 1. The maximum absolute atomic E-state index is 5.75. The van der Waals surface area contributed by atoms with E-state index < -0.39 is 0 Å². The molecule has 1 rings (SSSR count). The van der Waals surface area contributed by atoms with Gasteiger partial charge in [0.2, 0.25) is 0 Å². The van der Waals surface area contributed by atoms with Crippen molar-refractivity contribution in [3.63, 3.8) is 0 Å². The zero-order valence-corrected chi connectivity index (χ0v) is 10.7. The van der Waals surface area contributed by atoms with Gasteiger partial charge in [0.15, 0.2) is 5.96 Å². The number of hydrogen-bond acceptors (Lipinski definition) is 2. The second-order valence-electron chi connectivity index (χ2n) is 4.41. The highest BCUT2D eigenvalue weighted by atomic mass is 15.2. The van der Waals surface area contributed by atoms with E-state index in [9.17, 15) is 0 Å². The molecule has 0 saturated heterocycles. The van der Waals surface area contributed by atoms with Crippen LogP contribution in [0.2, 0.25) is 0 Å². The lowest BCUT2D eigenvalue weighted by Crippen LogP contribution is -2.39. The molecule has 94 valence electrons. The minimum atomic E-state index is 0.597. The van der Waals surface area contributed by atoms with Gasteiger partial charge < -0.3 is 11.1 Å². The Hall–Kier alpha value is -0.770. The fourth-order valence-electron chi connectivity index (χ4n) is 1.78. The molecule has 4 nitrogen and oxygen atoms in total. The summed E-state index contributed by atoms with van der Waals surface area (Å²) in [6, 6.07) is 0.838. The van der Waals surface area contributed by atoms with E-state index in [0.717, 1.165) is 38.6 Å². The molecular weight excluding hydrogens is 200 g/mol. The third kappa shape index (κ3) is 5.35. The monoisotopic (exact) mass is 226 g/mol. The van der Waals surface area contributed by atoms with E-state index >= 15 is 0 Å². The highest BCUT2D eigenvalue weighted by molar-refractivity contribution is 5.77. The van der Waals surface area contributed by atoms with E-state index in [1.165, 1.54) is 19.3 Å². The number of guanidine groups is 1. The van der Waals surface area contributed by atoms with E-state index in [2.05, 4.69) is 29.1 Å². The van der Waals surface area contributed by atoms with Gasteiger partial charge in [0.1, 0.15) is 0 Å². The molecule has 0 aromatic rings. The first-order chi connectivity index (χ1) is 7.77. The molecule has 0 amide bonds. The molecule has 0 aromatic carbocycles. The van der Waals surface area contributed by atoms with Crippen LogP contribution in [0.5, 0.6) is 0 Å². The number of nitrogens with one attached hydrogen (secondary N) is 1. The second-order valence-corrected chi connectivity index (χ2v) is 4.41. The molecule has 0 unspecified atom stereocenters. The zero-order chi connectivity index (χ0) is 11.8. The van der Waals surface area contributed by atoms with Gasteiger partial charge in [-0.15, -0.1) is 0 Å². The molecule has 0 aromatic heterocycles. The molecule has 1 saturated carbocycles. The average Bonchev–Trinajstić information content (AvgIpc) is 3.09.